The van der Waals surface area contributed by atoms with E-state index in [1.54, 1.807) is 0 Å². The van der Waals surface area contributed by atoms with Gasteiger partial charge in [0.05, 0.1) is 0 Å². The minimum atomic E-state index is 0.491. The van der Waals surface area contributed by atoms with Crippen molar-refractivity contribution in [1.82, 2.24) is 10.3 Å². The zero-order chi connectivity index (χ0) is 10.9. The van der Waals surface area contributed by atoms with Crippen LogP contribution in [0.1, 0.15) is 25.3 Å². The molecule has 0 amide bonds. The van der Waals surface area contributed by atoms with Gasteiger partial charge in [0.1, 0.15) is 0 Å². The highest BCUT2D eigenvalue weighted by Gasteiger charge is 2.03. The van der Waals surface area contributed by atoms with Crippen molar-refractivity contribution in [2.45, 2.75) is 32.2 Å². The Morgan fingerprint density at radius 3 is 2.73 bits per heavy atom. The van der Waals surface area contributed by atoms with Crippen LogP contribution in [0.2, 0.25) is 0 Å². The van der Waals surface area contributed by atoms with Gasteiger partial charge in [0, 0.05) is 24.9 Å². The van der Waals surface area contributed by atoms with E-state index in [-0.39, 0.29) is 0 Å². The molecule has 0 radical (unpaired) electrons. The van der Waals surface area contributed by atoms with Gasteiger partial charge in [-0.1, -0.05) is 0 Å². The summed E-state index contributed by atoms with van der Waals surface area (Å²) in [4.78, 5) is 4.00. The number of aryl methyl sites for hydroxylation is 1. The summed E-state index contributed by atoms with van der Waals surface area (Å²) in [5.41, 5.74) is 1.34. The molecule has 0 aliphatic carbocycles. The van der Waals surface area contributed by atoms with Gasteiger partial charge in [-0.05, 0) is 44.5 Å². The first kappa shape index (κ1) is 11.7. The van der Waals surface area contributed by atoms with Crippen LogP contribution in [0.25, 0.3) is 0 Å². The minimum Gasteiger partial charge on any atom is -0.316 e. The predicted octanol–water partition coefficient (Wildman–Crippen LogP) is 2.02. The van der Waals surface area contributed by atoms with Gasteiger partial charge in [-0.3, -0.25) is 4.98 Å². The molecular formula is C13H18N2. The lowest BCUT2D eigenvalue weighted by Gasteiger charge is -2.12. The molecule has 2 heteroatoms. The van der Waals surface area contributed by atoms with Crippen LogP contribution in [0.15, 0.2) is 24.5 Å². The van der Waals surface area contributed by atoms with Crippen LogP contribution in [0.3, 0.4) is 0 Å². The van der Waals surface area contributed by atoms with Gasteiger partial charge in [-0.15, -0.1) is 11.8 Å². The largest absolute Gasteiger partial charge is 0.316 e. The number of aromatic nitrogens is 1. The van der Waals surface area contributed by atoms with Crippen molar-refractivity contribution >= 4 is 0 Å². The maximum Gasteiger partial charge on any atom is 0.0270 e. The SMILES string of the molecule is CC#CCC(CCc1ccncc1)NC. The quantitative estimate of drug-likeness (QED) is 0.739. The fourth-order valence-corrected chi connectivity index (χ4v) is 1.46. The molecule has 1 heterocycles. The second kappa shape index (κ2) is 7.03. The van der Waals surface area contributed by atoms with Crippen molar-refractivity contribution in [3.05, 3.63) is 30.1 Å². The Labute approximate surface area is 92.1 Å². The number of pyridine rings is 1. The van der Waals surface area contributed by atoms with Crippen LogP contribution in [0.4, 0.5) is 0 Å². The van der Waals surface area contributed by atoms with Crippen LogP contribution in [-0.2, 0) is 6.42 Å². The standard InChI is InChI=1S/C13H18N2/c1-3-4-5-13(14-2)7-6-12-8-10-15-11-9-12/h8-11,13-14H,5-7H2,1-2H3. The molecule has 1 aromatic rings. The van der Waals surface area contributed by atoms with Crippen LogP contribution in [0, 0.1) is 11.8 Å². The summed E-state index contributed by atoms with van der Waals surface area (Å²) in [6.45, 7) is 1.88. The van der Waals surface area contributed by atoms with Gasteiger partial charge in [0.15, 0.2) is 0 Å². The van der Waals surface area contributed by atoms with Gasteiger partial charge in [-0.25, -0.2) is 0 Å². The number of hydrogen-bond donors (Lipinski definition) is 1. The summed E-state index contributed by atoms with van der Waals surface area (Å²) < 4.78 is 0. The van der Waals surface area contributed by atoms with Gasteiger partial charge in [0.2, 0.25) is 0 Å². The third kappa shape index (κ3) is 4.62. The molecule has 1 atom stereocenters. The number of hydrogen-bond acceptors (Lipinski definition) is 2. The lowest BCUT2D eigenvalue weighted by Crippen LogP contribution is -2.25. The minimum absolute atomic E-state index is 0.491. The predicted molar refractivity (Wildman–Crippen MR) is 63.5 cm³/mol. The fraction of sp³-hybridized carbons (Fsp3) is 0.462. The normalized spacial score (nSPS) is 11.6. The van der Waals surface area contributed by atoms with E-state index in [4.69, 9.17) is 0 Å². The molecule has 0 saturated heterocycles. The summed E-state index contributed by atoms with van der Waals surface area (Å²) in [6, 6.07) is 4.63. The van der Waals surface area contributed by atoms with Crippen molar-refractivity contribution in [2.24, 2.45) is 0 Å². The molecule has 1 rings (SSSR count). The monoisotopic (exact) mass is 202 g/mol. The molecule has 0 bridgehead atoms. The van der Waals surface area contributed by atoms with E-state index in [1.165, 1.54) is 5.56 Å². The fourth-order valence-electron chi connectivity index (χ4n) is 1.46. The van der Waals surface area contributed by atoms with Crippen LogP contribution in [-0.4, -0.2) is 18.1 Å². The third-order valence-corrected chi connectivity index (χ3v) is 2.46. The van der Waals surface area contributed by atoms with Gasteiger partial charge < -0.3 is 5.32 Å². The van der Waals surface area contributed by atoms with E-state index in [9.17, 15) is 0 Å². The summed E-state index contributed by atoms with van der Waals surface area (Å²) in [7, 11) is 1.99. The molecular weight excluding hydrogens is 184 g/mol. The Hall–Kier alpha value is -1.33. The molecule has 15 heavy (non-hydrogen) atoms. The van der Waals surface area contributed by atoms with Gasteiger partial charge in [-0.2, -0.15) is 0 Å². The molecule has 0 aliphatic heterocycles. The highest BCUT2D eigenvalue weighted by atomic mass is 14.9. The molecule has 1 N–H and O–H groups in total. The molecule has 0 spiro atoms. The summed E-state index contributed by atoms with van der Waals surface area (Å²) >= 11 is 0. The Balaban J connectivity index is 2.36. The zero-order valence-electron chi connectivity index (χ0n) is 9.46. The van der Waals surface area contributed by atoms with E-state index < -0.39 is 0 Å². The van der Waals surface area contributed by atoms with Gasteiger partial charge >= 0.3 is 0 Å². The van der Waals surface area contributed by atoms with Crippen molar-refractivity contribution in [3.8, 4) is 11.8 Å². The van der Waals surface area contributed by atoms with Crippen molar-refractivity contribution in [3.63, 3.8) is 0 Å². The van der Waals surface area contributed by atoms with Crippen molar-refractivity contribution < 1.29 is 0 Å². The summed E-state index contributed by atoms with van der Waals surface area (Å²) in [5, 5.41) is 3.29. The lowest BCUT2D eigenvalue weighted by molar-refractivity contribution is 0.534. The van der Waals surface area contributed by atoms with Crippen LogP contribution < -0.4 is 5.32 Å². The molecule has 2 nitrogen and oxygen atoms in total. The third-order valence-electron chi connectivity index (χ3n) is 2.46. The Bertz CT molecular complexity index is 321. The maximum atomic E-state index is 4.00. The highest BCUT2D eigenvalue weighted by molar-refractivity contribution is 5.10. The number of nitrogens with zero attached hydrogens (tertiary/aromatic N) is 1. The first-order chi connectivity index (χ1) is 7.36. The second-order valence-corrected chi connectivity index (χ2v) is 3.51. The van der Waals surface area contributed by atoms with E-state index in [0.29, 0.717) is 6.04 Å². The summed E-state index contributed by atoms with van der Waals surface area (Å²) in [5.74, 6) is 6.04. The Kier molecular flexibility index (Phi) is 5.50. The molecule has 80 valence electrons. The number of rotatable bonds is 5. The maximum absolute atomic E-state index is 4.00. The number of nitrogens with one attached hydrogen (secondary N) is 1. The molecule has 0 fully saturated rings. The topological polar surface area (TPSA) is 24.9 Å². The van der Waals surface area contributed by atoms with E-state index in [1.807, 2.05) is 26.4 Å². The smallest absolute Gasteiger partial charge is 0.0270 e. The lowest BCUT2D eigenvalue weighted by atomic mass is 10.0. The van der Waals surface area contributed by atoms with Crippen LogP contribution in [0.5, 0.6) is 0 Å². The molecule has 0 saturated carbocycles. The molecule has 1 aromatic heterocycles. The first-order valence-corrected chi connectivity index (χ1v) is 5.32. The van der Waals surface area contributed by atoms with Crippen molar-refractivity contribution in [2.75, 3.05) is 7.05 Å². The van der Waals surface area contributed by atoms with Crippen molar-refractivity contribution in [1.29, 1.82) is 0 Å². The van der Waals surface area contributed by atoms with E-state index >= 15 is 0 Å². The van der Waals surface area contributed by atoms with Crippen LogP contribution >= 0.6 is 0 Å². The van der Waals surface area contributed by atoms with E-state index in [0.717, 1.165) is 19.3 Å². The Morgan fingerprint density at radius 2 is 2.13 bits per heavy atom. The molecule has 0 aliphatic rings. The molecule has 0 aromatic carbocycles. The first-order valence-electron chi connectivity index (χ1n) is 5.32. The Morgan fingerprint density at radius 1 is 1.40 bits per heavy atom. The van der Waals surface area contributed by atoms with E-state index in [2.05, 4.69) is 34.3 Å². The average Bonchev–Trinajstić information content (AvgIpc) is 2.31. The van der Waals surface area contributed by atoms with Gasteiger partial charge in [0.25, 0.3) is 0 Å². The second-order valence-electron chi connectivity index (χ2n) is 3.51. The summed E-state index contributed by atoms with van der Waals surface area (Å²) in [6.07, 6.45) is 6.82. The highest BCUT2D eigenvalue weighted by Crippen LogP contribution is 2.05. The average molecular weight is 202 g/mol. The molecule has 1 unspecified atom stereocenters. The zero-order valence-corrected chi connectivity index (χ0v) is 9.46.